The Balaban J connectivity index is 1.58. The van der Waals surface area contributed by atoms with Gasteiger partial charge in [-0.2, -0.15) is 0 Å². The van der Waals surface area contributed by atoms with Crippen molar-refractivity contribution in [3.8, 4) is 0 Å². The Hall–Kier alpha value is -2.20. The molecule has 1 aliphatic heterocycles. The van der Waals surface area contributed by atoms with E-state index in [4.69, 9.17) is 11.6 Å². The minimum Gasteiger partial charge on any atom is -0.292 e. The molecule has 0 amide bonds. The van der Waals surface area contributed by atoms with Crippen LogP contribution in [0, 0.1) is 13.8 Å². The molecule has 0 saturated carbocycles. The number of hydrogen-bond donors (Lipinski definition) is 0. The Morgan fingerprint density at radius 2 is 1.45 bits per heavy atom. The van der Waals surface area contributed by atoms with Crippen LogP contribution in [-0.2, 0) is 22.1 Å². The maximum Gasteiger partial charge on any atom is 0.181 e. The normalized spacial score (nSPS) is 17.7. The molecule has 3 aromatic rings. The Kier molecular flexibility index (Phi) is 5.60. The monoisotopic (exact) mass is 461 g/mol. The van der Waals surface area contributed by atoms with Gasteiger partial charge in [0.2, 0.25) is 0 Å². The second kappa shape index (κ2) is 8.38. The molecule has 0 aromatic heterocycles. The maximum atomic E-state index is 12.6. The zero-order valence-electron chi connectivity index (χ0n) is 17.4. The lowest BCUT2D eigenvalue weighted by Gasteiger charge is -2.24. The second-order valence-corrected chi connectivity index (χ2v) is 11.5. The smallest absolute Gasteiger partial charge is 0.181 e. The number of allylic oxidation sites excluding steroid dienone is 3. The van der Waals surface area contributed by atoms with E-state index in [2.05, 4.69) is 80.6 Å². The Morgan fingerprint density at radius 1 is 0.871 bits per heavy atom. The summed E-state index contributed by atoms with van der Waals surface area (Å²) >= 11 is 7.88. The third kappa shape index (κ3) is 4.03. The predicted molar refractivity (Wildman–Crippen MR) is 131 cm³/mol. The molecule has 4 heteroatoms. The van der Waals surface area contributed by atoms with E-state index in [1.165, 1.54) is 36.3 Å². The average molecular weight is 462 g/mol. The van der Waals surface area contributed by atoms with Crippen LogP contribution < -0.4 is 0 Å². The SMILES string of the molecule is Cc1ccc([S+](c2ccc(C)cc2)c2ccc3c(c2)CC2=C(C=CC(Cl)C2=O)S3)cc1. The number of carbonyl (C=O) groups is 1. The molecule has 0 fully saturated rings. The van der Waals surface area contributed by atoms with E-state index in [0.29, 0.717) is 6.42 Å². The van der Waals surface area contributed by atoms with E-state index >= 15 is 0 Å². The van der Waals surface area contributed by atoms with Gasteiger partial charge >= 0.3 is 0 Å². The standard InChI is InChI=1S/C27H22ClOS2/c1-17-3-7-20(8-4-17)31(21-9-5-18(2)6-10-21)22-11-13-25-19(15-22)16-23-26(30-25)14-12-24(28)27(23)29/h3-15,24H,16H2,1-2H3/q+1. The number of rotatable bonds is 3. The number of Topliss-reactive ketones (excluding diaryl/α,β-unsaturated/α-hetero) is 1. The van der Waals surface area contributed by atoms with Crippen molar-refractivity contribution in [2.75, 3.05) is 0 Å². The molecule has 3 aromatic carbocycles. The van der Waals surface area contributed by atoms with Crippen molar-refractivity contribution in [2.45, 2.75) is 45.2 Å². The van der Waals surface area contributed by atoms with Crippen LogP contribution in [-0.4, -0.2) is 11.2 Å². The summed E-state index contributed by atoms with van der Waals surface area (Å²) < 4.78 is 0. The summed E-state index contributed by atoms with van der Waals surface area (Å²) in [7, 11) is -0.205. The van der Waals surface area contributed by atoms with E-state index < -0.39 is 5.38 Å². The van der Waals surface area contributed by atoms with Crippen molar-refractivity contribution in [1.29, 1.82) is 0 Å². The summed E-state index contributed by atoms with van der Waals surface area (Å²) in [5.41, 5.74) is 4.59. The highest BCUT2D eigenvalue weighted by molar-refractivity contribution is 8.03. The lowest BCUT2D eigenvalue weighted by molar-refractivity contribution is -0.114. The molecule has 2 aliphatic rings. The highest BCUT2D eigenvalue weighted by Gasteiger charge is 2.33. The van der Waals surface area contributed by atoms with Crippen molar-refractivity contribution in [3.63, 3.8) is 0 Å². The molecule has 31 heavy (non-hydrogen) atoms. The van der Waals surface area contributed by atoms with Crippen molar-refractivity contribution in [1.82, 2.24) is 0 Å². The lowest BCUT2D eigenvalue weighted by atomic mass is 9.95. The summed E-state index contributed by atoms with van der Waals surface area (Å²) in [6, 6.07) is 24.4. The Morgan fingerprint density at radius 3 is 2.06 bits per heavy atom. The molecule has 1 nitrogen and oxygen atoms in total. The van der Waals surface area contributed by atoms with Gasteiger partial charge in [-0.15, -0.1) is 11.6 Å². The molecule has 0 bridgehead atoms. The molecule has 0 spiro atoms. The van der Waals surface area contributed by atoms with Crippen LogP contribution >= 0.6 is 23.4 Å². The fourth-order valence-electron chi connectivity index (χ4n) is 3.90. The van der Waals surface area contributed by atoms with Gasteiger partial charge in [0.1, 0.15) is 5.38 Å². The van der Waals surface area contributed by atoms with Crippen LogP contribution in [0.4, 0.5) is 0 Å². The summed E-state index contributed by atoms with van der Waals surface area (Å²) in [5.74, 6) is 0.0405. The number of halogens is 1. The quantitative estimate of drug-likeness (QED) is 0.307. The first kappa shape index (κ1) is 20.7. The predicted octanol–water partition coefficient (Wildman–Crippen LogP) is 7.05. The minimum atomic E-state index is -0.543. The van der Waals surface area contributed by atoms with E-state index in [0.717, 1.165) is 10.5 Å². The first-order valence-corrected chi connectivity index (χ1v) is 12.8. The van der Waals surface area contributed by atoms with Crippen molar-refractivity contribution in [3.05, 3.63) is 106 Å². The number of fused-ring (bicyclic) bond motifs is 1. The molecule has 1 heterocycles. The maximum absolute atomic E-state index is 12.6. The number of ketones is 1. The fourth-order valence-corrected chi connectivity index (χ4v) is 7.28. The van der Waals surface area contributed by atoms with Crippen molar-refractivity contribution >= 4 is 40.0 Å². The lowest BCUT2D eigenvalue weighted by Crippen LogP contribution is -2.22. The van der Waals surface area contributed by atoms with Crippen LogP contribution in [0.5, 0.6) is 0 Å². The van der Waals surface area contributed by atoms with Crippen LogP contribution in [0.1, 0.15) is 16.7 Å². The van der Waals surface area contributed by atoms with Gasteiger partial charge in [-0.3, -0.25) is 4.79 Å². The van der Waals surface area contributed by atoms with Crippen molar-refractivity contribution in [2.24, 2.45) is 0 Å². The van der Waals surface area contributed by atoms with Gasteiger partial charge in [0.25, 0.3) is 0 Å². The molecule has 1 atom stereocenters. The highest BCUT2D eigenvalue weighted by atomic mass is 35.5. The Bertz CT molecular complexity index is 1180. The zero-order valence-corrected chi connectivity index (χ0v) is 19.8. The van der Waals surface area contributed by atoms with Crippen LogP contribution in [0.3, 0.4) is 0 Å². The van der Waals surface area contributed by atoms with Crippen LogP contribution in [0.25, 0.3) is 0 Å². The first-order valence-electron chi connectivity index (χ1n) is 10.3. The largest absolute Gasteiger partial charge is 0.292 e. The van der Waals surface area contributed by atoms with E-state index in [9.17, 15) is 4.79 Å². The summed E-state index contributed by atoms with van der Waals surface area (Å²) in [5, 5.41) is -0.543. The number of aryl methyl sites for hydroxylation is 2. The average Bonchev–Trinajstić information content (AvgIpc) is 2.78. The molecule has 0 saturated heterocycles. The third-order valence-electron chi connectivity index (χ3n) is 5.63. The van der Waals surface area contributed by atoms with E-state index in [-0.39, 0.29) is 16.7 Å². The number of alkyl halides is 1. The number of thioether (sulfide) groups is 1. The first-order chi connectivity index (χ1) is 15.0. The van der Waals surface area contributed by atoms with E-state index in [1.54, 1.807) is 17.8 Å². The third-order valence-corrected chi connectivity index (χ3v) is 9.41. The summed E-state index contributed by atoms with van der Waals surface area (Å²) in [6.45, 7) is 4.24. The molecule has 5 rings (SSSR count). The molecule has 1 unspecified atom stereocenters. The fraction of sp³-hybridized carbons (Fsp3) is 0.148. The van der Waals surface area contributed by atoms with Crippen LogP contribution in [0.15, 0.2) is 109 Å². The van der Waals surface area contributed by atoms with Gasteiger partial charge in [-0.05, 0) is 68.0 Å². The number of hydrogen-bond acceptors (Lipinski definition) is 2. The number of carbonyl (C=O) groups excluding carboxylic acids is 1. The van der Waals surface area contributed by atoms with Crippen molar-refractivity contribution < 1.29 is 4.79 Å². The van der Waals surface area contributed by atoms with E-state index in [1.807, 2.05) is 6.08 Å². The van der Waals surface area contributed by atoms with Gasteiger partial charge in [0.05, 0.1) is 10.9 Å². The van der Waals surface area contributed by atoms with Crippen LogP contribution in [0.2, 0.25) is 0 Å². The Labute approximate surface area is 195 Å². The van der Waals surface area contributed by atoms with Gasteiger partial charge in [0.15, 0.2) is 20.5 Å². The van der Waals surface area contributed by atoms with Gasteiger partial charge in [-0.1, -0.05) is 53.2 Å². The zero-order chi connectivity index (χ0) is 21.5. The molecule has 154 valence electrons. The number of benzene rings is 3. The second-order valence-electron chi connectivity index (χ2n) is 7.95. The van der Waals surface area contributed by atoms with Gasteiger partial charge in [0, 0.05) is 21.8 Å². The summed E-state index contributed by atoms with van der Waals surface area (Å²) in [6.07, 6.45) is 4.44. The molecule has 0 N–H and O–H groups in total. The minimum absolute atomic E-state index is 0.0405. The van der Waals surface area contributed by atoms with Gasteiger partial charge < -0.3 is 0 Å². The topological polar surface area (TPSA) is 17.1 Å². The van der Waals surface area contributed by atoms with Gasteiger partial charge in [-0.25, -0.2) is 0 Å². The summed E-state index contributed by atoms with van der Waals surface area (Å²) in [4.78, 5) is 18.8. The molecular weight excluding hydrogens is 440 g/mol. The highest BCUT2D eigenvalue weighted by Crippen LogP contribution is 2.43. The molecule has 1 aliphatic carbocycles. The molecular formula is C27H22ClOS2+. The molecule has 0 radical (unpaired) electrons.